The third kappa shape index (κ3) is 2.00. The van der Waals surface area contributed by atoms with E-state index in [1.54, 1.807) is 17.5 Å². The number of fused-ring (bicyclic) bond motifs is 1. The summed E-state index contributed by atoms with van der Waals surface area (Å²) in [6.07, 6.45) is 2.48. The van der Waals surface area contributed by atoms with Crippen molar-refractivity contribution in [2.24, 2.45) is 0 Å². The molecule has 2 aromatic heterocycles. The van der Waals surface area contributed by atoms with E-state index in [0.29, 0.717) is 24.5 Å². The van der Waals surface area contributed by atoms with Crippen LogP contribution in [0.5, 0.6) is 0 Å². The van der Waals surface area contributed by atoms with Gasteiger partial charge in [-0.2, -0.15) is 0 Å². The van der Waals surface area contributed by atoms with Gasteiger partial charge in [-0.3, -0.25) is 4.40 Å². The molecule has 5 heteroatoms. The van der Waals surface area contributed by atoms with E-state index in [1.165, 1.54) is 0 Å². The Hall–Kier alpha value is -1.91. The molecule has 0 unspecified atom stereocenters. The molecule has 17 heavy (non-hydrogen) atoms. The molecule has 0 aromatic carbocycles. The molecule has 0 saturated heterocycles. The van der Waals surface area contributed by atoms with Gasteiger partial charge in [0.05, 0.1) is 12.3 Å². The molecule has 0 N–H and O–H groups in total. The van der Waals surface area contributed by atoms with E-state index in [4.69, 9.17) is 4.74 Å². The van der Waals surface area contributed by atoms with Crippen molar-refractivity contribution < 1.29 is 9.53 Å². The highest BCUT2D eigenvalue weighted by atomic mass is 16.5. The van der Waals surface area contributed by atoms with Crippen LogP contribution in [0.3, 0.4) is 0 Å². The Morgan fingerprint density at radius 2 is 2.18 bits per heavy atom. The van der Waals surface area contributed by atoms with E-state index in [-0.39, 0.29) is 5.97 Å². The Morgan fingerprint density at radius 1 is 1.41 bits per heavy atom. The zero-order valence-electron chi connectivity index (χ0n) is 10.2. The Kier molecular flexibility index (Phi) is 3.08. The maximum atomic E-state index is 11.9. The highest BCUT2D eigenvalue weighted by Crippen LogP contribution is 2.13. The molecule has 0 radical (unpaired) electrons. The van der Waals surface area contributed by atoms with Crippen molar-refractivity contribution in [3.05, 3.63) is 29.3 Å². The molecule has 90 valence electrons. The third-order valence-electron chi connectivity index (χ3n) is 2.51. The minimum Gasteiger partial charge on any atom is -0.461 e. The average molecular weight is 233 g/mol. The number of hydrogen-bond donors (Lipinski definition) is 0. The average Bonchev–Trinajstić information content (AvgIpc) is 2.66. The minimum atomic E-state index is -0.345. The van der Waals surface area contributed by atoms with Gasteiger partial charge in [0, 0.05) is 11.9 Å². The van der Waals surface area contributed by atoms with Crippen LogP contribution in [0.2, 0.25) is 0 Å². The van der Waals surface area contributed by atoms with Crippen LogP contribution in [0, 0.1) is 6.92 Å². The van der Waals surface area contributed by atoms with Gasteiger partial charge in [0.1, 0.15) is 0 Å². The van der Waals surface area contributed by atoms with Gasteiger partial charge < -0.3 is 4.74 Å². The van der Waals surface area contributed by atoms with Gasteiger partial charge in [0.2, 0.25) is 5.78 Å². The standard InChI is InChI=1S/C12H15N3O2/c1-4-9-10(11(16)17-5-2)15-7-6-8(3)13-12(15)14-9/h6-7H,4-5H2,1-3H3. The fourth-order valence-corrected chi connectivity index (χ4v) is 1.73. The molecule has 0 aliphatic carbocycles. The van der Waals surface area contributed by atoms with Crippen molar-refractivity contribution in [2.75, 3.05) is 6.61 Å². The van der Waals surface area contributed by atoms with E-state index in [0.717, 1.165) is 11.4 Å². The number of imidazole rings is 1. The molecule has 0 aliphatic rings. The quantitative estimate of drug-likeness (QED) is 0.758. The van der Waals surface area contributed by atoms with E-state index in [1.807, 2.05) is 19.9 Å². The first kappa shape index (κ1) is 11.6. The lowest BCUT2D eigenvalue weighted by atomic mass is 10.2. The van der Waals surface area contributed by atoms with E-state index >= 15 is 0 Å². The fraction of sp³-hybridized carbons (Fsp3) is 0.417. The summed E-state index contributed by atoms with van der Waals surface area (Å²) >= 11 is 0. The van der Waals surface area contributed by atoms with Crippen LogP contribution in [0.15, 0.2) is 12.3 Å². The van der Waals surface area contributed by atoms with Crippen LogP contribution < -0.4 is 0 Å². The van der Waals surface area contributed by atoms with Crippen LogP contribution in [-0.2, 0) is 11.2 Å². The number of ether oxygens (including phenoxy) is 1. The SMILES string of the molecule is CCOC(=O)c1c(CC)nc2nc(C)ccn12. The van der Waals surface area contributed by atoms with E-state index in [2.05, 4.69) is 9.97 Å². The predicted molar refractivity (Wildman–Crippen MR) is 63.1 cm³/mol. The summed E-state index contributed by atoms with van der Waals surface area (Å²) in [5.41, 5.74) is 2.08. The number of esters is 1. The number of rotatable bonds is 3. The Bertz CT molecular complexity index is 560. The van der Waals surface area contributed by atoms with Crippen LogP contribution in [0.25, 0.3) is 5.78 Å². The van der Waals surface area contributed by atoms with Gasteiger partial charge >= 0.3 is 5.97 Å². The normalized spacial score (nSPS) is 10.8. The monoisotopic (exact) mass is 233 g/mol. The summed E-state index contributed by atoms with van der Waals surface area (Å²) in [6, 6.07) is 1.84. The van der Waals surface area contributed by atoms with Crippen LogP contribution in [-0.4, -0.2) is 26.9 Å². The predicted octanol–water partition coefficient (Wildman–Crippen LogP) is 1.78. The third-order valence-corrected chi connectivity index (χ3v) is 2.51. The lowest BCUT2D eigenvalue weighted by molar-refractivity contribution is 0.0517. The highest BCUT2D eigenvalue weighted by Gasteiger charge is 2.19. The second-order valence-electron chi connectivity index (χ2n) is 3.72. The summed E-state index contributed by atoms with van der Waals surface area (Å²) < 4.78 is 6.72. The molecule has 0 aliphatic heterocycles. The second-order valence-corrected chi connectivity index (χ2v) is 3.72. The number of carbonyl (C=O) groups is 1. The lowest BCUT2D eigenvalue weighted by Gasteiger charge is -2.03. The summed E-state index contributed by atoms with van der Waals surface area (Å²) in [5.74, 6) is 0.201. The van der Waals surface area contributed by atoms with Gasteiger partial charge in [-0.25, -0.2) is 14.8 Å². The van der Waals surface area contributed by atoms with Crippen LogP contribution in [0.1, 0.15) is 35.7 Å². The molecule has 0 bridgehead atoms. The number of aromatic nitrogens is 3. The summed E-state index contributed by atoms with van der Waals surface area (Å²) in [6.45, 7) is 5.99. The highest BCUT2D eigenvalue weighted by molar-refractivity contribution is 5.89. The van der Waals surface area contributed by atoms with Gasteiger partial charge in [0.25, 0.3) is 0 Å². The number of nitrogens with zero attached hydrogens (tertiary/aromatic N) is 3. The summed E-state index contributed by atoms with van der Waals surface area (Å²) in [7, 11) is 0. The van der Waals surface area contributed by atoms with E-state index in [9.17, 15) is 4.79 Å². The summed E-state index contributed by atoms with van der Waals surface area (Å²) in [4.78, 5) is 20.5. The molecular weight excluding hydrogens is 218 g/mol. The first-order chi connectivity index (χ1) is 8.17. The Labute approximate surface area is 99.5 Å². The van der Waals surface area contributed by atoms with Crippen molar-refractivity contribution in [1.29, 1.82) is 0 Å². The second kappa shape index (κ2) is 4.53. The molecule has 0 spiro atoms. The molecule has 0 atom stereocenters. The minimum absolute atomic E-state index is 0.345. The van der Waals surface area contributed by atoms with Crippen molar-refractivity contribution in [2.45, 2.75) is 27.2 Å². The maximum Gasteiger partial charge on any atom is 0.357 e. The molecule has 2 aromatic rings. The molecule has 0 amide bonds. The number of carbonyl (C=O) groups excluding carboxylic acids is 1. The molecule has 0 saturated carbocycles. The topological polar surface area (TPSA) is 56.5 Å². The first-order valence-corrected chi connectivity index (χ1v) is 5.69. The number of aryl methyl sites for hydroxylation is 2. The smallest absolute Gasteiger partial charge is 0.357 e. The van der Waals surface area contributed by atoms with Crippen LogP contribution in [0.4, 0.5) is 0 Å². The van der Waals surface area contributed by atoms with Crippen molar-refractivity contribution in [3.8, 4) is 0 Å². The molecule has 2 rings (SSSR count). The molecule has 5 nitrogen and oxygen atoms in total. The molecule has 0 fully saturated rings. The molecular formula is C12H15N3O2. The number of hydrogen-bond acceptors (Lipinski definition) is 4. The van der Waals surface area contributed by atoms with Crippen molar-refractivity contribution in [3.63, 3.8) is 0 Å². The Balaban J connectivity index is 2.62. The van der Waals surface area contributed by atoms with Gasteiger partial charge in [0.15, 0.2) is 5.69 Å². The van der Waals surface area contributed by atoms with Crippen molar-refractivity contribution >= 4 is 11.7 Å². The lowest BCUT2D eigenvalue weighted by Crippen LogP contribution is -2.10. The maximum absolute atomic E-state index is 11.9. The first-order valence-electron chi connectivity index (χ1n) is 5.69. The van der Waals surface area contributed by atoms with Crippen LogP contribution >= 0.6 is 0 Å². The fourth-order valence-electron chi connectivity index (χ4n) is 1.73. The van der Waals surface area contributed by atoms with Gasteiger partial charge in [-0.05, 0) is 26.3 Å². The zero-order chi connectivity index (χ0) is 12.4. The summed E-state index contributed by atoms with van der Waals surface area (Å²) in [5, 5.41) is 0. The molecule has 2 heterocycles. The largest absolute Gasteiger partial charge is 0.461 e. The van der Waals surface area contributed by atoms with E-state index < -0.39 is 0 Å². The Morgan fingerprint density at radius 3 is 2.82 bits per heavy atom. The van der Waals surface area contributed by atoms with Gasteiger partial charge in [-0.15, -0.1) is 0 Å². The van der Waals surface area contributed by atoms with Crippen molar-refractivity contribution in [1.82, 2.24) is 14.4 Å². The zero-order valence-corrected chi connectivity index (χ0v) is 10.2. The van der Waals surface area contributed by atoms with Gasteiger partial charge in [-0.1, -0.05) is 6.92 Å².